The van der Waals surface area contributed by atoms with Gasteiger partial charge in [-0.05, 0) is 6.42 Å². The zero-order valence-corrected chi connectivity index (χ0v) is 12.4. The van der Waals surface area contributed by atoms with Gasteiger partial charge in [0.25, 0.3) is 5.91 Å². The molecule has 1 amide bonds. The van der Waals surface area contributed by atoms with Crippen LogP contribution in [0.3, 0.4) is 0 Å². The first-order valence-corrected chi connectivity index (χ1v) is 7.68. The molecule has 2 fully saturated rings. The van der Waals surface area contributed by atoms with Gasteiger partial charge in [0.15, 0.2) is 6.10 Å². The second-order valence-corrected chi connectivity index (χ2v) is 5.47. The molecule has 2 saturated heterocycles. The predicted molar refractivity (Wildman–Crippen MR) is 76.5 cm³/mol. The topological polar surface area (TPSA) is 68.0 Å². The first-order valence-electron chi connectivity index (χ1n) is 7.68. The van der Waals surface area contributed by atoms with Gasteiger partial charge in [-0.15, -0.1) is 0 Å². The van der Waals surface area contributed by atoms with Crippen molar-refractivity contribution >= 4 is 5.91 Å². The number of amides is 1. The average Bonchev–Trinajstić information content (AvgIpc) is 2.53. The number of carbonyl (C=O) groups excluding carboxylic acids is 1. The number of piperazine rings is 1. The van der Waals surface area contributed by atoms with Crippen LogP contribution in [0.2, 0.25) is 0 Å². The number of ether oxygens (including phenoxy) is 2. The van der Waals surface area contributed by atoms with Crippen molar-refractivity contribution in [2.45, 2.75) is 31.9 Å². The third kappa shape index (κ3) is 3.91. The van der Waals surface area contributed by atoms with Gasteiger partial charge in [0, 0.05) is 38.8 Å². The van der Waals surface area contributed by atoms with Gasteiger partial charge in [0.1, 0.15) is 0 Å². The van der Waals surface area contributed by atoms with E-state index in [2.05, 4.69) is 11.8 Å². The lowest BCUT2D eigenvalue weighted by molar-refractivity contribution is -0.159. The highest BCUT2D eigenvalue weighted by molar-refractivity contribution is 5.81. The highest BCUT2D eigenvalue weighted by atomic mass is 16.6. The number of nitrogens with two attached hydrogens (primary N) is 1. The van der Waals surface area contributed by atoms with Gasteiger partial charge < -0.3 is 20.1 Å². The fourth-order valence-electron chi connectivity index (χ4n) is 2.92. The summed E-state index contributed by atoms with van der Waals surface area (Å²) in [7, 11) is 0. The van der Waals surface area contributed by atoms with Gasteiger partial charge >= 0.3 is 0 Å². The van der Waals surface area contributed by atoms with Crippen molar-refractivity contribution in [2.75, 3.05) is 52.5 Å². The average molecular weight is 285 g/mol. The van der Waals surface area contributed by atoms with E-state index in [9.17, 15) is 4.79 Å². The molecule has 6 heteroatoms. The summed E-state index contributed by atoms with van der Waals surface area (Å²) in [5.41, 5.74) is 5.84. The van der Waals surface area contributed by atoms with Crippen molar-refractivity contribution in [3.63, 3.8) is 0 Å². The lowest BCUT2D eigenvalue weighted by atomic mass is 10.1. The Hall–Kier alpha value is -0.690. The van der Waals surface area contributed by atoms with Crippen molar-refractivity contribution in [3.8, 4) is 0 Å². The molecule has 2 atom stereocenters. The molecule has 0 saturated carbocycles. The first-order chi connectivity index (χ1) is 9.76. The molecule has 0 aliphatic carbocycles. The summed E-state index contributed by atoms with van der Waals surface area (Å²) in [4.78, 5) is 16.6. The van der Waals surface area contributed by atoms with E-state index in [0.29, 0.717) is 32.4 Å². The van der Waals surface area contributed by atoms with E-state index in [0.717, 1.165) is 39.0 Å². The molecule has 0 aromatic carbocycles. The summed E-state index contributed by atoms with van der Waals surface area (Å²) in [6.07, 6.45) is 1.87. The van der Waals surface area contributed by atoms with Crippen LogP contribution in [0.25, 0.3) is 0 Å². The van der Waals surface area contributed by atoms with Crippen LogP contribution in [0.5, 0.6) is 0 Å². The Morgan fingerprint density at radius 2 is 2.05 bits per heavy atom. The largest absolute Gasteiger partial charge is 0.376 e. The minimum Gasteiger partial charge on any atom is -0.376 e. The smallest absolute Gasteiger partial charge is 0.254 e. The lowest BCUT2D eigenvalue weighted by Crippen LogP contribution is -2.56. The van der Waals surface area contributed by atoms with Crippen LogP contribution in [0.15, 0.2) is 0 Å². The molecule has 2 heterocycles. The summed E-state index contributed by atoms with van der Waals surface area (Å²) < 4.78 is 10.8. The van der Waals surface area contributed by atoms with E-state index in [-0.39, 0.29) is 5.91 Å². The number of carbonyl (C=O) groups is 1. The zero-order valence-electron chi connectivity index (χ0n) is 12.4. The molecule has 2 unspecified atom stereocenters. The van der Waals surface area contributed by atoms with Crippen LogP contribution in [-0.4, -0.2) is 80.4 Å². The maximum absolute atomic E-state index is 12.3. The quantitative estimate of drug-likeness (QED) is 0.749. The lowest BCUT2D eigenvalue weighted by Gasteiger charge is -2.40. The molecule has 20 heavy (non-hydrogen) atoms. The van der Waals surface area contributed by atoms with Crippen molar-refractivity contribution in [1.82, 2.24) is 9.80 Å². The summed E-state index contributed by atoms with van der Waals surface area (Å²) in [5, 5.41) is 0. The van der Waals surface area contributed by atoms with Gasteiger partial charge in [-0.3, -0.25) is 9.69 Å². The zero-order chi connectivity index (χ0) is 14.4. The van der Waals surface area contributed by atoms with Crippen molar-refractivity contribution < 1.29 is 14.3 Å². The van der Waals surface area contributed by atoms with E-state index < -0.39 is 6.10 Å². The molecule has 0 aromatic heterocycles. The number of nitrogens with zero attached hydrogens (tertiary/aromatic N) is 2. The SMILES string of the molecule is CCCC(CN)N1CCN(C(=O)C2COCCO2)CC1. The van der Waals surface area contributed by atoms with Gasteiger partial charge in [-0.2, -0.15) is 0 Å². The van der Waals surface area contributed by atoms with Crippen LogP contribution >= 0.6 is 0 Å². The second kappa shape index (κ2) is 7.93. The van der Waals surface area contributed by atoms with Gasteiger partial charge in [-0.1, -0.05) is 13.3 Å². The summed E-state index contributed by atoms with van der Waals surface area (Å²) in [6, 6.07) is 0.450. The van der Waals surface area contributed by atoms with Gasteiger partial charge in [-0.25, -0.2) is 0 Å². The molecule has 0 aromatic rings. The Morgan fingerprint density at radius 1 is 1.30 bits per heavy atom. The Kier molecular flexibility index (Phi) is 6.22. The van der Waals surface area contributed by atoms with E-state index >= 15 is 0 Å². The van der Waals surface area contributed by atoms with E-state index in [1.165, 1.54) is 0 Å². The Labute approximate surface area is 121 Å². The van der Waals surface area contributed by atoms with E-state index in [1.807, 2.05) is 4.90 Å². The third-order valence-corrected chi connectivity index (χ3v) is 4.13. The molecule has 2 rings (SSSR count). The van der Waals surface area contributed by atoms with Gasteiger partial charge in [0.2, 0.25) is 0 Å². The molecule has 0 bridgehead atoms. The fourth-order valence-corrected chi connectivity index (χ4v) is 2.92. The van der Waals surface area contributed by atoms with E-state index in [1.54, 1.807) is 0 Å². The van der Waals surface area contributed by atoms with Crippen molar-refractivity contribution in [2.24, 2.45) is 5.73 Å². The summed E-state index contributed by atoms with van der Waals surface area (Å²) in [5.74, 6) is 0.0733. The Morgan fingerprint density at radius 3 is 2.60 bits per heavy atom. The van der Waals surface area contributed by atoms with Crippen LogP contribution < -0.4 is 5.73 Å². The molecule has 2 N–H and O–H groups in total. The van der Waals surface area contributed by atoms with Crippen LogP contribution in [0.1, 0.15) is 19.8 Å². The normalized spacial score (nSPS) is 26.5. The van der Waals surface area contributed by atoms with Crippen LogP contribution in [0, 0.1) is 0 Å². The summed E-state index contributed by atoms with van der Waals surface area (Å²) >= 11 is 0. The third-order valence-electron chi connectivity index (χ3n) is 4.13. The van der Waals surface area contributed by atoms with Gasteiger partial charge in [0.05, 0.1) is 19.8 Å². The van der Waals surface area contributed by atoms with Crippen molar-refractivity contribution in [3.05, 3.63) is 0 Å². The molecule has 2 aliphatic heterocycles. The molecule has 6 nitrogen and oxygen atoms in total. The Balaban J connectivity index is 1.79. The minimum atomic E-state index is -0.406. The molecule has 0 radical (unpaired) electrons. The summed E-state index contributed by atoms with van der Waals surface area (Å²) in [6.45, 7) is 7.71. The van der Waals surface area contributed by atoms with Crippen LogP contribution in [0.4, 0.5) is 0 Å². The highest BCUT2D eigenvalue weighted by Crippen LogP contribution is 2.13. The molecule has 0 spiro atoms. The van der Waals surface area contributed by atoms with Crippen LogP contribution in [-0.2, 0) is 14.3 Å². The number of hydrogen-bond acceptors (Lipinski definition) is 5. The van der Waals surface area contributed by atoms with E-state index in [4.69, 9.17) is 15.2 Å². The molecular formula is C14H27N3O3. The highest BCUT2D eigenvalue weighted by Gasteiger charge is 2.31. The number of rotatable bonds is 5. The molecule has 116 valence electrons. The minimum absolute atomic E-state index is 0.0733. The standard InChI is InChI=1S/C14H27N3O3/c1-2-3-12(10-15)16-4-6-17(7-5-16)14(18)13-11-19-8-9-20-13/h12-13H,2-11,15H2,1H3. The molecule has 2 aliphatic rings. The Bertz CT molecular complexity index is 300. The first kappa shape index (κ1) is 15.7. The monoisotopic (exact) mass is 285 g/mol. The number of hydrogen-bond donors (Lipinski definition) is 1. The predicted octanol–water partition coefficient (Wildman–Crippen LogP) is -0.327. The molecular weight excluding hydrogens is 258 g/mol. The second-order valence-electron chi connectivity index (χ2n) is 5.47. The maximum atomic E-state index is 12.3. The van der Waals surface area contributed by atoms with Crippen molar-refractivity contribution in [1.29, 1.82) is 0 Å². The maximum Gasteiger partial charge on any atom is 0.254 e. The fraction of sp³-hybridized carbons (Fsp3) is 0.929.